The van der Waals surface area contributed by atoms with Gasteiger partial charge in [-0.25, -0.2) is 0 Å². The second-order valence-electron chi connectivity index (χ2n) is 9.43. The number of carbonyl (C=O) groups is 1. The lowest BCUT2D eigenvalue weighted by molar-refractivity contribution is -0.125. The van der Waals surface area contributed by atoms with E-state index in [0.29, 0.717) is 31.5 Å². The number of ether oxygens (including phenoxy) is 1. The van der Waals surface area contributed by atoms with Gasteiger partial charge in [-0.2, -0.15) is 4.98 Å². The molecule has 2 N–H and O–H groups in total. The molecule has 184 valence electrons. The molecule has 1 atom stereocenters. The summed E-state index contributed by atoms with van der Waals surface area (Å²) in [6.45, 7) is 6.84. The van der Waals surface area contributed by atoms with Crippen LogP contribution in [0.25, 0.3) is 5.57 Å². The number of rotatable bonds is 9. The summed E-state index contributed by atoms with van der Waals surface area (Å²) in [6.07, 6.45) is 8.25. The van der Waals surface area contributed by atoms with Crippen LogP contribution in [-0.4, -0.2) is 59.0 Å². The third-order valence-electron chi connectivity index (χ3n) is 6.58. The van der Waals surface area contributed by atoms with Crippen LogP contribution in [0.2, 0.25) is 0 Å². The third kappa shape index (κ3) is 6.14. The van der Waals surface area contributed by atoms with Crippen molar-refractivity contribution >= 4 is 17.5 Å². The molecular weight excluding hydrogens is 434 g/mol. The summed E-state index contributed by atoms with van der Waals surface area (Å²) in [4.78, 5) is 23.3. The van der Waals surface area contributed by atoms with Gasteiger partial charge in [0.15, 0.2) is 5.82 Å². The van der Waals surface area contributed by atoms with E-state index < -0.39 is 0 Å². The van der Waals surface area contributed by atoms with E-state index in [-0.39, 0.29) is 24.3 Å². The van der Waals surface area contributed by atoms with Gasteiger partial charge in [0.1, 0.15) is 5.75 Å². The zero-order valence-corrected chi connectivity index (χ0v) is 20.1. The maximum atomic E-state index is 12.1. The van der Waals surface area contributed by atoms with Crippen LogP contribution in [0.3, 0.4) is 0 Å². The lowest BCUT2D eigenvalue weighted by atomic mass is 9.87. The zero-order valence-electron chi connectivity index (χ0n) is 20.1. The first kappa shape index (κ1) is 24.2. The molecule has 1 amide bonds. The number of aromatic nitrogens is 3. The summed E-state index contributed by atoms with van der Waals surface area (Å²) in [5.74, 6) is 2.27. The average molecular weight is 470 g/mol. The number of hydrogen-bond donors (Lipinski definition) is 2. The molecule has 0 bridgehead atoms. The standard InChI is InChI=1S/C25H35N5O4/c1-17(2)23-28-25(34-29-23)30-12-9-18(10-13-30)16-33-21-7-8-22(27-15-21)19-3-5-20(6-4-19)24(32)26-11-14-31/h3,7-8,15,17-18,20,31H,4-6,9-14,16H2,1-2H3,(H,26,32). The largest absolute Gasteiger partial charge is 0.492 e. The fraction of sp³-hybridized carbons (Fsp3) is 0.600. The summed E-state index contributed by atoms with van der Waals surface area (Å²) in [5.41, 5.74) is 2.11. The molecule has 0 radical (unpaired) electrons. The van der Waals surface area contributed by atoms with E-state index >= 15 is 0 Å². The first-order valence-corrected chi connectivity index (χ1v) is 12.3. The average Bonchev–Trinajstić information content (AvgIpc) is 3.38. The lowest BCUT2D eigenvalue weighted by Gasteiger charge is -2.30. The Morgan fingerprint density at radius 3 is 2.74 bits per heavy atom. The highest BCUT2D eigenvalue weighted by Gasteiger charge is 2.25. The van der Waals surface area contributed by atoms with Gasteiger partial charge in [-0.05, 0) is 55.7 Å². The molecule has 2 aromatic heterocycles. The van der Waals surface area contributed by atoms with Gasteiger partial charge in [0, 0.05) is 31.5 Å². The molecule has 0 saturated carbocycles. The molecule has 1 fully saturated rings. The van der Waals surface area contributed by atoms with Crippen LogP contribution in [0.15, 0.2) is 28.9 Å². The van der Waals surface area contributed by atoms with Crippen LogP contribution < -0.4 is 15.0 Å². The van der Waals surface area contributed by atoms with Gasteiger partial charge in [-0.1, -0.05) is 25.1 Å². The quantitative estimate of drug-likeness (QED) is 0.576. The highest BCUT2D eigenvalue weighted by atomic mass is 16.5. The number of carbonyl (C=O) groups excluding carboxylic acids is 1. The molecule has 9 heteroatoms. The Morgan fingerprint density at radius 2 is 2.12 bits per heavy atom. The smallest absolute Gasteiger partial charge is 0.324 e. The number of nitrogens with one attached hydrogen (secondary N) is 1. The van der Waals surface area contributed by atoms with Crippen LogP contribution in [0.1, 0.15) is 63.4 Å². The zero-order chi connectivity index (χ0) is 23.9. The molecule has 1 aliphatic heterocycles. The minimum atomic E-state index is -0.0313. The molecular formula is C25H35N5O4. The normalized spacial score (nSPS) is 19.2. The summed E-state index contributed by atoms with van der Waals surface area (Å²) in [6, 6.07) is 4.60. The van der Waals surface area contributed by atoms with E-state index in [1.807, 2.05) is 12.1 Å². The number of aliphatic hydroxyl groups excluding tert-OH is 1. The molecule has 9 nitrogen and oxygen atoms in total. The number of pyridine rings is 1. The summed E-state index contributed by atoms with van der Waals surface area (Å²) in [5, 5.41) is 15.7. The number of amides is 1. The topological polar surface area (TPSA) is 114 Å². The van der Waals surface area contributed by atoms with Crippen molar-refractivity contribution in [3.8, 4) is 5.75 Å². The molecule has 1 aliphatic carbocycles. The first-order valence-electron chi connectivity index (χ1n) is 12.3. The van der Waals surface area contributed by atoms with Gasteiger partial charge in [-0.3, -0.25) is 9.78 Å². The minimum Gasteiger partial charge on any atom is -0.492 e. The first-order chi connectivity index (χ1) is 16.5. The SMILES string of the molecule is CC(C)c1noc(N2CCC(COc3ccc(C4=CCC(C(=O)NCCO)CC4)nc3)CC2)n1. The number of nitrogens with zero attached hydrogens (tertiary/aromatic N) is 4. The lowest BCUT2D eigenvalue weighted by Crippen LogP contribution is -2.35. The molecule has 34 heavy (non-hydrogen) atoms. The maximum absolute atomic E-state index is 12.1. The van der Waals surface area contributed by atoms with Gasteiger partial charge >= 0.3 is 6.01 Å². The Bertz CT molecular complexity index is 964. The Hall–Kier alpha value is -2.94. The van der Waals surface area contributed by atoms with Crippen molar-refractivity contribution in [3.05, 3.63) is 35.9 Å². The Labute approximate surface area is 200 Å². The van der Waals surface area contributed by atoms with Gasteiger partial charge < -0.3 is 24.6 Å². The second-order valence-corrected chi connectivity index (χ2v) is 9.43. The van der Waals surface area contributed by atoms with E-state index in [0.717, 1.165) is 56.0 Å². The van der Waals surface area contributed by atoms with E-state index in [9.17, 15) is 4.79 Å². The van der Waals surface area contributed by atoms with Crippen molar-refractivity contribution in [2.75, 3.05) is 37.7 Å². The minimum absolute atomic E-state index is 0.0179. The van der Waals surface area contributed by atoms with Crippen LogP contribution >= 0.6 is 0 Å². The predicted molar refractivity (Wildman–Crippen MR) is 128 cm³/mol. The van der Waals surface area contributed by atoms with Gasteiger partial charge in [0.2, 0.25) is 5.91 Å². The number of aliphatic hydroxyl groups is 1. The molecule has 1 saturated heterocycles. The fourth-order valence-corrected chi connectivity index (χ4v) is 4.38. The fourth-order valence-electron chi connectivity index (χ4n) is 4.38. The highest BCUT2D eigenvalue weighted by Crippen LogP contribution is 2.30. The van der Waals surface area contributed by atoms with Crippen molar-refractivity contribution < 1.29 is 19.2 Å². The van der Waals surface area contributed by atoms with E-state index in [1.54, 1.807) is 6.20 Å². The van der Waals surface area contributed by atoms with E-state index in [1.165, 1.54) is 5.57 Å². The predicted octanol–water partition coefficient (Wildman–Crippen LogP) is 3.18. The van der Waals surface area contributed by atoms with Crippen molar-refractivity contribution in [3.63, 3.8) is 0 Å². The van der Waals surface area contributed by atoms with Crippen LogP contribution in [0, 0.1) is 11.8 Å². The number of anilines is 1. The van der Waals surface area contributed by atoms with Crippen molar-refractivity contribution in [2.24, 2.45) is 11.8 Å². The third-order valence-corrected chi connectivity index (χ3v) is 6.58. The second kappa shape index (κ2) is 11.5. The molecule has 3 heterocycles. The molecule has 0 aromatic carbocycles. The molecule has 2 aliphatic rings. The number of hydrogen-bond acceptors (Lipinski definition) is 8. The van der Waals surface area contributed by atoms with Gasteiger partial charge in [0.05, 0.1) is 25.1 Å². The monoisotopic (exact) mass is 469 g/mol. The highest BCUT2D eigenvalue weighted by molar-refractivity contribution is 5.80. The Kier molecular flexibility index (Phi) is 8.16. The van der Waals surface area contributed by atoms with Crippen LogP contribution in [0.5, 0.6) is 5.75 Å². The molecule has 1 unspecified atom stereocenters. The van der Waals surface area contributed by atoms with Gasteiger partial charge in [0.25, 0.3) is 0 Å². The van der Waals surface area contributed by atoms with E-state index in [2.05, 4.69) is 45.3 Å². The van der Waals surface area contributed by atoms with Crippen molar-refractivity contribution in [2.45, 2.75) is 51.9 Å². The summed E-state index contributed by atoms with van der Waals surface area (Å²) in [7, 11) is 0. The van der Waals surface area contributed by atoms with E-state index in [4.69, 9.17) is 14.4 Å². The van der Waals surface area contributed by atoms with Gasteiger partial charge in [-0.15, -0.1) is 0 Å². The summed E-state index contributed by atoms with van der Waals surface area (Å²) >= 11 is 0. The molecule has 2 aromatic rings. The number of allylic oxidation sites excluding steroid dienone is 2. The maximum Gasteiger partial charge on any atom is 0.324 e. The Balaban J connectivity index is 1.21. The Morgan fingerprint density at radius 1 is 1.29 bits per heavy atom. The number of piperidine rings is 1. The summed E-state index contributed by atoms with van der Waals surface area (Å²) < 4.78 is 11.4. The molecule has 4 rings (SSSR count). The van der Waals surface area contributed by atoms with Crippen LogP contribution in [-0.2, 0) is 4.79 Å². The van der Waals surface area contributed by atoms with Crippen LogP contribution in [0.4, 0.5) is 6.01 Å². The van der Waals surface area contributed by atoms with Crippen molar-refractivity contribution in [1.82, 2.24) is 20.4 Å². The molecule has 0 spiro atoms. The van der Waals surface area contributed by atoms with Crippen molar-refractivity contribution in [1.29, 1.82) is 0 Å².